The van der Waals surface area contributed by atoms with Crippen molar-refractivity contribution < 1.29 is 19.1 Å². The fraction of sp³-hybridized carbons (Fsp3) is 0.333. The highest BCUT2D eigenvalue weighted by Gasteiger charge is 2.10. The van der Waals surface area contributed by atoms with E-state index >= 15 is 0 Å². The Kier molecular flexibility index (Phi) is 5.57. The molecule has 3 N–H and O–H groups in total. The summed E-state index contributed by atoms with van der Waals surface area (Å²) in [4.78, 5) is 22.0. The Labute approximate surface area is 114 Å². The monoisotopic (exact) mass is 288 g/mol. The van der Waals surface area contributed by atoms with Crippen molar-refractivity contribution in [3.05, 3.63) is 29.0 Å². The zero-order chi connectivity index (χ0) is 14.4. The van der Waals surface area contributed by atoms with Gasteiger partial charge in [-0.15, -0.1) is 0 Å². The molecule has 1 aromatic rings. The van der Waals surface area contributed by atoms with Gasteiger partial charge in [-0.1, -0.05) is 18.5 Å². The molecule has 1 rings (SSSR count). The number of carboxylic acid groups (broad SMARTS) is 1. The second kappa shape index (κ2) is 6.94. The van der Waals surface area contributed by atoms with E-state index in [1.54, 1.807) is 6.92 Å². The Morgan fingerprint density at radius 1 is 1.47 bits per heavy atom. The van der Waals surface area contributed by atoms with E-state index in [0.717, 1.165) is 6.07 Å². The average molecular weight is 289 g/mol. The van der Waals surface area contributed by atoms with Crippen LogP contribution in [0.5, 0.6) is 0 Å². The molecule has 0 heterocycles. The van der Waals surface area contributed by atoms with Crippen LogP contribution in [0.4, 0.5) is 14.9 Å². The molecule has 1 unspecified atom stereocenters. The molecule has 0 aliphatic carbocycles. The fourth-order valence-corrected chi connectivity index (χ4v) is 1.61. The number of carbonyl (C=O) groups is 2. The predicted octanol–water partition coefficient (Wildman–Crippen LogP) is 2.71. The van der Waals surface area contributed by atoms with Crippen LogP contribution < -0.4 is 10.6 Å². The van der Waals surface area contributed by atoms with Crippen molar-refractivity contribution >= 4 is 29.3 Å². The van der Waals surface area contributed by atoms with Gasteiger partial charge in [-0.3, -0.25) is 4.79 Å². The lowest BCUT2D eigenvalue weighted by Crippen LogP contribution is -2.33. The number of hydrogen-bond acceptors (Lipinski definition) is 2. The van der Waals surface area contributed by atoms with Crippen molar-refractivity contribution in [3.63, 3.8) is 0 Å². The molecular weight excluding hydrogens is 275 g/mol. The highest BCUT2D eigenvalue weighted by atomic mass is 35.5. The van der Waals surface area contributed by atoms with E-state index in [0.29, 0.717) is 0 Å². The highest BCUT2D eigenvalue weighted by Crippen LogP contribution is 2.22. The van der Waals surface area contributed by atoms with Gasteiger partial charge in [-0.25, -0.2) is 9.18 Å². The minimum atomic E-state index is -0.920. The van der Waals surface area contributed by atoms with E-state index in [4.69, 9.17) is 16.7 Å². The maximum atomic E-state index is 12.8. The SMILES string of the molecule is CC(CNC(=O)Nc1ccc(F)cc1Cl)CC(=O)O. The molecule has 0 aliphatic rings. The van der Waals surface area contributed by atoms with E-state index in [2.05, 4.69) is 10.6 Å². The van der Waals surface area contributed by atoms with Gasteiger partial charge in [-0.2, -0.15) is 0 Å². The van der Waals surface area contributed by atoms with Crippen molar-refractivity contribution in [2.24, 2.45) is 5.92 Å². The van der Waals surface area contributed by atoms with E-state index < -0.39 is 17.8 Å². The second-order valence-electron chi connectivity index (χ2n) is 4.16. The molecule has 0 spiro atoms. The lowest BCUT2D eigenvalue weighted by molar-refractivity contribution is -0.137. The molecule has 0 fully saturated rings. The first kappa shape index (κ1) is 15.2. The number of halogens is 2. The first-order chi connectivity index (χ1) is 8.88. The standard InChI is InChI=1S/C12H14ClFN2O3/c1-7(4-11(17)18)6-15-12(19)16-10-3-2-8(14)5-9(10)13/h2-3,5,7H,4,6H2,1H3,(H,17,18)(H2,15,16,19). The topological polar surface area (TPSA) is 78.4 Å². The van der Waals surface area contributed by atoms with Gasteiger partial charge >= 0.3 is 12.0 Å². The number of hydrogen-bond donors (Lipinski definition) is 3. The van der Waals surface area contributed by atoms with Gasteiger partial charge in [-0.05, 0) is 24.1 Å². The summed E-state index contributed by atoms with van der Waals surface area (Å²) in [5.74, 6) is -1.60. The Balaban J connectivity index is 2.45. The molecule has 0 aliphatic heterocycles. The first-order valence-corrected chi connectivity index (χ1v) is 5.98. The van der Waals surface area contributed by atoms with E-state index in [1.165, 1.54) is 12.1 Å². The molecule has 0 saturated heterocycles. The van der Waals surface area contributed by atoms with Crippen LogP contribution in [0, 0.1) is 11.7 Å². The summed E-state index contributed by atoms with van der Waals surface area (Å²) >= 11 is 5.74. The summed E-state index contributed by atoms with van der Waals surface area (Å²) in [7, 11) is 0. The van der Waals surface area contributed by atoms with Crippen molar-refractivity contribution in [2.75, 3.05) is 11.9 Å². The molecule has 19 heavy (non-hydrogen) atoms. The van der Waals surface area contributed by atoms with Crippen molar-refractivity contribution in [2.45, 2.75) is 13.3 Å². The van der Waals surface area contributed by atoms with Crippen LogP contribution >= 0.6 is 11.6 Å². The third kappa shape index (κ3) is 5.56. The number of urea groups is 1. The molecule has 0 saturated carbocycles. The molecular formula is C12H14ClFN2O3. The summed E-state index contributed by atoms with van der Waals surface area (Å²) in [6, 6.07) is 3.09. The van der Waals surface area contributed by atoms with Crippen LogP contribution in [-0.4, -0.2) is 23.7 Å². The molecule has 5 nitrogen and oxygen atoms in total. The summed E-state index contributed by atoms with van der Waals surface area (Å²) in [6.07, 6.45) is -0.0302. The molecule has 2 amide bonds. The lowest BCUT2D eigenvalue weighted by Gasteiger charge is -2.12. The maximum absolute atomic E-state index is 12.8. The lowest BCUT2D eigenvalue weighted by atomic mass is 10.1. The van der Waals surface area contributed by atoms with Gasteiger partial charge in [0.15, 0.2) is 0 Å². The van der Waals surface area contributed by atoms with Gasteiger partial charge in [0, 0.05) is 13.0 Å². The van der Waals surface area contributed by atoms with Gasteiger partial charge in [0.25, 0.3) is 0 Å². The average Bonchev–Trinajstić information content (AvgIpc) is 2.29. The van der Waals surface area contributed by atoms with Crippen molar-refractivity contribution in [3.8, 4) is 0 Å². The molecule has 0 aromatic heterocycles. The van der Waals surface area contributed by atoms with Crippen LogP contribution in [0.1, 0.15) is 13.3 Å². The van der Waals surface area contributed by atoms with Gasteiger partial charge in [0.1, 0.15) is 5.82 Å². The summed E-state index contributed by atoms with van der Waals surface area (Å²) in [5.41, 5.74) is 0.284. The largest absolute Gasteiger partial charge is 0.481 e. The molecule has 7 heteroatoms. The van der Waals surface area contributed by atoms with E-state index in [-0.39, 0.29) is 29.6 Å². The molecule has 0 bridgehead atoms. The Bertz CT molecular complexity index is 482. The van der Waals surface area contributed by atoms with Crippen LogP contribution in [0.15, 0.2) is 18.2 Å². The van der Waals surface area contributed by atoms with E-state index in [9.17, 15) is 14.0 Å². The van der Waals surface area contributed by atoms with Crippen LogP contribution in [-0.2, 0) is 4.79 Å². The quantitative estimate of drug-likeness (QED) is 0.779. The molecule has 0 radical (unpaired) electrons. The second-order valence-corrected chi connectivity index (χ2v) is 4.57. The van der Waals surface area contributed by atoms with Crippen molar-refractivity contribution in [1.82, 2.24) is 5.32 Å². The predicted molar refractivity (Wildman–Crippen MR) is 69.8 cm³/mol. The third-order valence-electron chi connectivity index (χ3n) is 2.31. The number of rotatable bonds is 5. The number of carboxylic acids is 1. The van der Waals surface area contributed by atoms with E-state index in [1.807, 2.05) is 0 Å². The zero-order valence-electron chi connectivity index (χ0n) is 10.2. The fourth-order valence-electron chi connectivity index (χ4n) is 1.39. The maximum Gasteiger partial charge on any atom is 0.319 e. The Morgan fingerprint density at radius 2 is 2.16 bits per heavy atom. The first-order valence-electron chi connectivity index (χ1n) is 5.60. The highest BCUT2D eigenvalue weighted by molar-refractivity contribution is 6.33. The molecule has 1 aromatic carbocycles. The zero-order valence-corrected chi connectivity index (χ0v) is 11.0. The number of anilines is 1. The van der Waals surface area contributed by atoms with Crippen LogP contribution in [0.25, 0.3) is 0 Å². The van der Waals surface area contributed by atoms with Gasteiger partial charge in [0.2, 0.25) is 0 Å². The molecule has 104 valence electrons. The van der Waals surface area contributed by atoms with Gasteiger partial charge in [0.05, 0.1) is 10.7 Å². The number of benzene rings is 1. The number of nitrogens with one attached hydrogen (secondary N) is 2. The Hall–Kier alpha value is -1.82. The third-order valence-corrected chi connectivity index (χ3v) is 2.63. The van der Waals surface area contributed by atoms with Gasteiger partial charge < -0.3 is 15.7 Å². The minimum absolute atomic E-state index is 0.0302. The number of amides is 2. The summed E-state index contributed by atoms with van der Waals surface area (Å²) < 4.78 is 12.8. The number of carbonyl (C=O) groups excluding carboxylic acids is 1. The summed E-state index contributed by atoms with van der Waals surface area (Å²) in [5, 5.41) is 13.6. The Morgan fingerprint density at radius 3 is 2.74 bits per heavy atom. The summed E-state index contributed by atoms with van der Waals surface area (Å²) in [6.45, 7) is 1.93. The van der Waals surface area contributed by atoms with Crippen LogP contribution in [0.2, 0.25) is 5.02 Å². The normalized spacial score (nSPS) is 11.7. The minimum Gasteiger partial charge on any atom is -0.481 e. The smallest absolute Gasteiger partial charge is 0.319 e. The number of aliphatic carboxylic acids is 1. The molecule has 1 atom stereocenters. The van der Waals surface area contributed by atoms with Crippen LogP contribution in [0.3, 0.4) is 0 Å². The van der Waals surface area contributed by atoms with Crippen molar-refractivity contribution in [1.29, 1.82) is 0 Å².